The summed E-state index contributed by atoms with van der Waals surface area (Å²) in [5, 5.41) is 24.4. The molecule has 4 N–H and O–H groups in total. The molecular formula is C22H46N3O4+. The van der Waals surface area contributed by atoms with Crippen molar-refractivity contribution in [1.29, 1.82) is 0 Å². The number of aliphatic carboxylic acids is 1. The molecule has 2 atom stereocenters. The highest BCUT2D eigenvalue weighted by Crippen LogP contribution is 2.11. The Bertz CT molecular complexity index is 438. The number of quaternary nitrogens is 1. The van der Waals surface area contributed by atoms with Gasteiger partial charge in [0.05, 0.1) is 21.1 Å². The van der Waals surface area contributed by atoms with E-state index < -0.39 is 24.1 Å². The molecule has 0 rings (SSSR count). The summed E-state index contributed by atoms with van der Waals surface area (Å²) in [5.74, 6) is -1.23. The van der Waals surface area contributed by atoms with E-state index in [1.165, 1.54) is 64.2 Å². The first-order valence-electron chi connectivity index (χ1n) is 11.4. The van der Waals surface area contributed by atoms with Crippen LogP contribution in [0.5, 0.6) is 0 Å². The van der Waals surface area contributed by atoms with Crippen LogP contribution < -0.4 is 10.6 Å². The number of nitrogens with one attached hydrogen (secondary N) is 2. The predicted molar refractivity (Wildman–Crippen MR) is 118 cm³/mol. The van der Waals surface area contributed by atoms with E-state index in [2.05, 4.69) is 17.6 Å². The van der Waals surface area contributed by atoms with E-state index in [1.807, 2.05) is 21.1 Å². The quantitative estimate of drug-likeness (QED) is 0.203. The number of hydrogen-bond donors (Lipinski definition) is 4. The van der Waals surface area contributed by atoms with Crippen molar-refractivity contribution in [3.05, 3.63) is 0 Å². The van der Waals surface area contributed by atoms with Crippen LogP contribution in [0.2, 0.25) is 0 Å². The first-order valence-corrected chi connectivity index (χ1v) is 11.4. The molecule has 0 aliphatic rings. The number of unbranched alkanes of at least 4 members (excludes halogenated alkanes) is 11. The van der Waals surface area contributed by atoms with Crippen molar-refractivity contribution in [2.75, 3.05) is 34.2 Å². The second-order valence-corrected chi connectivity index (χ2v) is 9.15. The fraction of sp³-hybridized carbons (Fsp3) is 0.909. The molecule has 0 radical (unpaired) electrons. The van der Waals surface area contributed by atoms with E-state index in [1.54, 1.807) is 0 Å². The smallest absolute Gasteiger partial charge is 0.329 e. The van der Waals surface area contributed by atoms with E-state index in [0.29, 0.717) is 11.0 Å². The lowest BCUT2D eigenvalue weighted by Crippen LogP contribution is -2.56. The number of rotatable bonds is 18. The van der Waals surface area contributed by atoms with Crippen LogP contribution in [-0.4, -0.2) is 73.1 Å². The molecule has 2 amide bonds. The van der Waals surface area contributed by atoms with Gasteiger partial charge in [0.25, 0.3) is 0 Å². The number of carboxylic acid groups (broad SMARTS) is 1. The number of hydrogen-bond acceptors (Lipinski definition) is 3. The lowest BCUT2D eigenvalue weighted by molar-refractivity contribution is -0.873. The molecular weight excluding hydrogens is 370 g/mol. The largest absolute Gasteiger partial charge is 0.480 e. The summed E-state index contributed by atoms with van der Waals surface area (Å²) >= 11 is 0. The van der Waals surface area contributed by atoms with Gasteiger partial charge in [0, 0.05) is 6.54 Å². The molecule has 0 aliphatic heterocycles. The zero-order valence-corrected chi connectivity index (χ0v) is 19.2. The third kappa shape index (κ3) is 17.2. The maximum absolute atomic E-state index is 11.9. The van der Waals surface area contributed by atoms with Crippen molar-refractivity contribution in [3.63, 3.8) is 0 Å². The number of carbonyl (C=O) groups excluding carboxylic acids is 1. The van der Waals surface area contributed by atoms with Gasteiger partial charge in [0.1, 0.15) is 12.6 Å². The third-order valence-electron chi connectivity index (χ3n) is 4.99. The third-order valence-corrected chi connectivity index (χ3v) is 4.99. The summed E-state index contributed by atoms with van der Waals surface area (Å²) in [7, 11) is 5.57. The molecule has 7 nitrogen and oxygen atoms in total. The number of aliphatic hydroxyl groups excluding tert-OH is 1. The Hall–Kier alpha value is -1.34. The summed E-state index contributed by atoms with van der Waals surface area (Å²) in [6.45, 7) is 2.99. The van der Waals surface area contributed by atoms with E-state index in [4.69, 9.17) is 0 Å². The Morgan fingerprint density at radius 1 is 0.828 bits per heavy atom. The zero-order valence-electron chi connectivity index (χ0n) is 19.2. The van der Waals surface area contributed by atoms with Crippen molar-refractivity contribution in [2.24, 2.45) is 0 Å². The maximum atomic E-state index is 11.9. The lowest BCUT2D eigenvalue weighted by atomic mass is 10.1. The van der Waals surface area contributed by atoms with Crippen molar-refractivity contribution >= 4 is 12.0 Å². The van der Waals surface area contributed by atoms with Crippen LogP contribution in [0.15, 0.2) is 0 Å². The fourth-order valence-corrected chi connectivity index (χ4v) is 3.35. The normalized spacial score (nSPS) is 13.7. The first-order chi connectivity index (χ1) is 13.7. The van der Waals surface area contributed by atoms with E-state index >= 15 is 0 Å². The van der Waals surface area contributed by atoms with Crippen LogP contribution in [0.25, 0.3) is 0 Å². The lowest BCUT2D eigenvalue weighted by Gasteiger charge is -2.29. The van der Waals surface area contributed by atoms with Crippen LogP contribution in [0, 0.1) is 0 Å². The molecule has 0 aromatic heterocycles. The average Bonchev–Trinajstić information content (AvgIpc) is 2.61. The van der Waals surface area contributed by atoms with Gasteiger partial charge in [-0.2, -0.15) is 0 Å². The fourth-order valence-electron chi connectivity index (χ4n) is 3.35. The van der Waals surface area contributed by atoms with Gasteiger partial charge < -0.3 is 25.3 Å². The van der Waals surface area contributed by atoms with Crippen molar-refractivity contribution in [1.82, 2.24) is 10.6 Å². The molecule has 0 aromatic carbocycles. The summed E-state index contributed by atoms with van der Waals surface area (Å²) < 4.78 is 0.410. The summed E-state index contributed by atoms with van der Waals surface area (Å²) in [6, 6.07) is -1.85. The van der Waals surface area contributed by atoms with Gasteiger partial charge in [0.15, 0.2) is 6.04 Å². The van der Waals surface area contributed by atoms with Gasteiger partial charge in [-0.1, -0.05) is 77.6 Å². The molecule has 29 heavy (non-hydrogen) atoms. The average molecular weight is 417 g/mol. The standard InChI is InChI=1S/C22H45N3O4/c1-5-6-7-8-9-10-11-12-13-14-15-16-17-23-22(29)24-20(21(27)28)19(26)18-25(2,3)4/h19-20,26H,5-18H2,1-4H3,(H2-,23,24,27,28,29)/p+1/t19-,20-/m1/s1. The number of nitrogens with zero attached hydrogens (tertiary/aromatic N) is 1. The Balaban J connectivity index is 3.73. The molecule has 0 saturated carbocycles. The monoisotopic (exact) mass is 416 g/mol. The van der Waals surface area contributed by atoms with Gasteiger partial charge >= 0.3 is 12.0 Å². The highest BCUT2D eigenvalue weighted by molar-refractivity contribution is 5.82. The van der Waals surface area contributed by atoms with Crippen molar-refractivity contribution < 1.29 is 24.3 Å². The molecule has 0 bridgehead atoms. The van der Waals surface area contributed by atoms with Crippen LogP contribution in [0.3, 0.4) is 0 Å². The highest BCUT2D eigenvalue weighted by Gasteiger charge is 2.32. The number of amides is 2. The number of likely N-dealkylation sites (N-methyl/N-ethyl adjacent to an activating group) is 1. The SMILES string of the molecule is CCCCCCCCCCCCCCNC(=O)N[C@@H](C(=O)O)[C@H](O)C[N+](C)(C)C. The van der Waals surface area contributed by atoms with Crippen LogP contribution >= 0.6 is 0 Å². The Morgan fingerprint density at radius 3 is 1.69 bits per heavy atom. The van der Waals surface area contributed by atoms with Gasteiger partial charge in [-0.25, -0.2) is 9.59 Å². The number of aliphatic hydroxyl groups is 1. The van der Waals surface area contributed by atoms with Crippen LogP contribution in [0.1, 0.15) is 84.0 Å². The first kappa shape index (κ1) is 27.7. The second-order valence-electron chi connectivity index (χ2n) is 9.15. The minimum Gasteiger partial charge on any atom is -0.480 e. The van der Waals surface area contributed by atoms with Crippen molar-refractivity contribution in [2.45, 2.75) is 96.1 Å². The molecule has 0 aliphatic carbocycles. The van der Waals surface area contributed by atoms with E-state index in [-0.39, 0.29) is 6.54 Å². The number of carboxylic acids is 1. The van der Waals surface area contributed by atoms with Crippen LogP contribution in [-0.2, 0) is 4.79 Å². The Kier molecular flexibility index (Phi) is 15.7. The molecule has 7 heteroatoms. The Morgan fingerprint density at radius 2 is 1.28 bits per heavy atom. The summed E-state index contributed by atoms with van der Waals surface area (Å²) in [6.07, 6.45) is 13.9. The minimum absolute atomic E-state index is 0.232. The van der Waals surface area contributed by atoms with Gasteiger partial charge in [-0.15, -0.1) is 0 Å². The molecule has 0 unspecified atom stereocenters. The maximum Gasteiger partial charge on any atom is 0.329 e. The molecule has 0 aromatic rings. The number of carbonyl (C=O) groups is 2. The summed E-state index contributed by atoms with van der Waals surface area (Å²) in [4.78, 5) is 23.3. The minimum atomic E-state index is -1.31. The van der Waals surface area contributed by atoms with Gasteiger partial charge in [0.2, 0.25) is 0 Å². The number of urea groups is 1. The predicted octanol–water partition coefficient (Wildman–Crippen LogP) is 3.51. The molecule has 0 heterocycles. The molecule has 0 fully saturated rings. The van der Waals surface area contributed by atoms with Crippen LogP contribution in [0.4, 0.5) is 4.79 Å². The molecule has 172 valence electrons. The summed E-state index contributed by atoms with van der Waals surface area (Å²) in [5.41, 5.74) is 0. The zero-order chi connectivity index (χ0) is 22.1. The van der Waals surface area contributed by atoms with E-state index in [9.17, 15) is 19.8 Å². The highest BCUT2D eigenvalue weighted by atomic mass is 16.4. The van der Waals surface area contributed by atoms with E-state index in [0.717, 1.165) is 12.8 Å². The molecule has 0 spiro atoms. The topological polar surface area (TPSA) is 98.7 Å². The Labute approximate surface area is 177 Å². The van der Waals surface area contributed by atoms with Crippen molar-refractivity contribution in [3.8, 4) is 0 Å². The molecule has 0 saturated heterocycles. The second kappa shape index (κ2) is 16.5. The van der Waals surface area contributed by atoms with Gasteiger partial charge in [-0.05, 0) is 6.42 Å². The van der Waals surface area contributed by atoms with Gasteiger partial charge in [-0.3, -0.25) is 0 Å².